The number of nitro benzene ring substituents is 1. The monoisotopic (exact) mass is 589 g/mol. The SMILES string of the molecule is COc1ccc(Cl)cc1N(CC(=O)N/N=C\c1ccc(OCC(N)=O)cc1)S(=O)(=O)c1ccc(C)c([N+](=O)[O-])c1. The van der Waals surface area contributed by atoms with Crippen molar-refractivity contribution in [1.82, 2.24) is 5.43 Å². The van der Waals surface area contributed by atoms with Crippen molar-refractivity contribution in [3.8, 4) is 11.5 Å². The molecule has 3 aromatic rings. The molecule has 2 amide bonds. The zero-order valence-corrected chi connectivity index (χ0v) is 22.8. The van der Waals surface area contributed by atoms with Crippen LogP contribution < -0.4 is 24.9 Å². The van der Waals surface area contributed by atoms with Crippen molar-refractivity contribution in [2.24, 2.45) is 10.8 Å². The molecule has 0 unspecified atom stereocenters. The minimum atomic E-state index is -4.53. The molecular formula is C25H24ClN5O8S. The van der Waals surface area contributed by atoms with Crippen LogP contribution in [-0.2, 0) is 19.6 Å². The number of nitrogens with one attached hydrogen (secondary N) is 1. The molecule has 0 aliphatic rings. The van der Waals surface area contributed by atoms with E-state index in [4.69, 9.17) is 26.8 Å². The van der Waals surface area contributed by atoms with Crippen LogP contribution in [0, 0.1) is 17.0 Å². The molecule has 0 aromatic heterocycles. The summed E-state index contributed by atoms with van der Waals surface area (Å²) in [5.41, 5.74) is 7.63. The maximum Gasteiger partial charge on any atom is 0.273 e. The number of nitrogens with two attached hydrogens (primary N) is 1. The topological polar surface area (TPSA) is 184 Å². The van der Waals surface area contributed by atoms with Gasteiger partial charge in [0.05, 0.1) is 28.8 Å². The minimum absolute atomic E-state index is 0.0658. The molecule has 0 radical (unpaired) electrons. The highest BCUT2D eigenvalue weighted by Gasteiger charge is 2.31. The van der Waals surface area contributed by atoms with E-state index in [0.29, 0.717) is 11.3 Å². The number of hydrogen-bond donors (Lipinski definition) is 2. The molecule has 13 nitrogen and oxygen atoms in total. The third kappa shape index (κ3) is 7.45. The number of carbonyl (C=O) groups is 2. The number of anilines is 1. The van der Waals surface area contributed by atoms with Gasteiger partial charge in [0.2, 0.25) is 0 Å². The third-order valence-corrected chi connectivity index (χ3v) is 7.32. The highest BCUT2D eigenvalue weighted by Crippen LogP contribution is 2.35. The van der Waals surface area contributed by atoms with Crippen LogP contribution >= 0.6 is 11.6 Å². The highest BCUT2D eigenvalue weighted by molar-refractivity contribution is 7.92. The molecule has 0 aliphatic carbocycles. The van der Waals surface area contributed by atoms with Crippen LogP contribution in [0.3, 0.4) is 0 Å². The lowest BCUT2D eigenvalue weighted by molar-refractivity contribution is -0.385. The van der Waals surface area contributed by atoms with Gasteiger partial charge in [-0.05, 0) is 61.0 Å². The molecule has 40 heavy (non-hydrogen) atoms. The van der Waals surface area contributed by atoms with Crippen molar-refractivity contribution < 1.29 is 32.4 Å². The molecule has 0 atom stereocenters. The number of ether oxygens (including phenoxy) is 2. The molecule has 3 rings (SSSR count). The van der Waals surface area contributed by atoms with Gasteiger partial charge in [0.25, 0.3) is 27.5 Å². The fourth-order valence-electron chi connectivity index (χ4n) is 3.38. The zero-order chi connectivity index (χ0) is 29.4. The molecule has 0 bridgehead atoms. The van der Waals surface area contributed by atoms with Gasteiger partial charge in [0.1, 0.15) is 18.0 Å². The lowest BCUT2D eigenvalue weighted by atomic mass is 10.2. The molecular weight excluding hydrogens is 566 g/mol. The molecule has 0 saturated heterocycles. The Balaban J connectivity index is 1.88. The van der Waals surface area contributed by atoms with Crippen LogP contribution in [0.25, 0.3) is 0 Å². The van der Waals surface area contributed by atoms with Crippen LogP contribution in [0.4, 0.5) is 11.4 Å². The molecule has 0 heterocycles. The second-order valence-electron chi connectivity index (χ2n) is 8.15. The average Bonchev–Trinajstić information content (AvgIpc) is 2.91. The number of rotatable bonds is 12. The Morgan fingerprint density at radius 1 is 1.15 bits per heavy atom. The summed E-state index contributed by atoms with van der Waals surface area (Å²) in [5.74, 6) is -0.970. The number of sulfonamides is 1. The molecule has 210 valence electrons. The Hall–Kier alpha value is -4.69. The van der Waals surface area contributed by atoms with Crippen LogP contribution in [0.2, 0.25) is 5.02 Å². The Morgan fingerprint density at radius 2 is 1.85 bits per heavy atom. The molecule has 3 N–H and O–H groups in total. The van der Waals surface area contributed by atoms with E-state index in [-0.39, 0.29) is 28.6 Å². The van der Waals surface area contributed by atoms with Crippen molar-refractivity contribution in [1.29, 1.82) is 0 Å². The van der Waals surface area contributed by atoms with Crippen LogP contribution in [0.5, 0.6) is 11.5 Å². The molecule has 3 aromatic carbocycles. The second kappa shape index (κ2) is 12.9. The standard InChI is InChI=1S/C25H24ClN5O8S/c1-16-3-9-20(12-21(16)31(34)35)40(36,37)30(22-11-18(26)6-10-23(22)38-2)14-25(33)29-28-13-17-4-7-19(8-5-17)39-15-24(27)32/h3-13H,14-15H2,1-2H3,(H2,27,32)(H,29,33)/b28-13-. The summed E-state index contributed by atoms with van der Waals surface area (Å²) in [7, 11) is -3.23. The number of nitro groups is 1. The minimum Gasteiger partial charge on any atom is -0.495 e. The predicted octanol–water partition coefficient (Wildman–Crippen LogP) is 2.77. The lowest BCUT2D eigenvalue weighted by Crippen LogP contribution is -2.39. The molecule has 0 fully saturated rings. The van der Waals surface area contributed by atoms with Crippen molar-refractivity contribution in [2.75, 3.05) is 24.6 Å². The summed E-state index contributed by atoms with van der Waals surface area (Å²) in [4.78, 5) is 34.0. The number of aryl methyl sites for hydroxylation is 1. The third-order valence-electron chi connectivity index (χ3n) is 5.33. The van der Waals surface area contributed by atoms with E-state index in [9.17, 15) is 28.1 Å². The number of benzene rings is 3. The Morgan fingerprint density at radius 3 is 2.48 bits per heavy atom. The van der Waals surface area contributed by atoms with Crippen LogP contribution in [0.15, 0.2) is 70.7 Å². The summed E-state index contributed by atoms with van der Waals surface area (Å²) in [6.45, 7) is 0.424. The van der Waals surface area contributed by atoms with E-state index in [1.807, 2.05) is 0 Å². The molecule has 0 spiro atoms. The fraction of sp³-hybridized carbons (Fsp3) is 0.160. The van der Waals surface area contributed by atoms with Gasteiger partial charge < -0.3 is 15.2 Å². The first-order chi connectivity index (χ1) is 18.9. The van der Waals surface area contributed by atoms with E-state index in [1.54, 1.807) is 24.3 Å². The van der Waals surface area contributed by atoms with Crippen LogP contribution in [0.1, 0.15) is 11.1 Å². The lowest BCUT2D eigenvalue weighted by Gasteiger charge is -2.25. The van der Waals surface area contributed by atoms with Gasteiger partial charge in [-0.25, -0.2) is 13.8 Å². The fourth-order valence-corrected chi connectivity index (χ4v) is 4.99. The summed E-state index contributed by atoms with van der Waals surface area (Å²) >= 11 is 6.11. The maximum absolute atomic E-state index is 13.7. The normalized spacial score (nSPS) is 11.2. The van der Waals surface area contributed by atoms with Gasteiger partial charge in [0, 0.05) is 16.7 Å². The first-order valence-electron chi connectivity index (χ1n) is 11.4. The van der Waals surface area contributed by atoms with Gasteiger partial charge in [-0.1, -0.05) is 17.7 Å². The molecule has 0 saturated carbocycles. The number of halogens is 1. The van der Waals surface area contributed by atoms with Gasteiger partial charge in [-0.2, -0.15) is 5.10 Å². The zero-order valence-electron chi connectivity index (χ0n) is 21.2. The summed E-state index contributed by atoms with van der Waals surface area (Å²) in [6, 6.07) is 13.9. The summed E-state index contributed by atoms with van der Waals surface area (Å²) in [5, 5.41) is 15.4. The van der Waals surface area contributed by atoms with Gasteiger partial charge in [-0.15, -0.1) is 0 Å². The Kier molecular flexibility index (Phi) is 9.63. The second-order valence-corrected chi connectivity index (χ2v) is 10.4. The van der Waals surface area contributed by atoms with E-state index in [2.05, 4.69) is 10.5 Å². The quantitative estimate of drug-likeness (QED) is 0.183. The largest absolute Gasteiger partial charge is 0.495 e. The average molecular weight is 590 g/mol. The summed E-state index contributed by atoms with van der Waals surface area (Å²) in [6.07, 6.45) is 1.30. The summed E-state index contributed by atoms with van der Waals surface area (Å²) < 4.78 is 38.6. The van der Waals surface area contributed by atoms with E-state index in [1.165, 1.54) is 50.6 Å². The number of carbonyl (C=O) groups excluding carboxylic acids is 2. The Labute approximate surface area is 234 Å². The predicted molar refractivity (Wildman–Crippen MR) is 147 cm³/mol. The first-order valence-corrected chi connectivity index (χ1v) is 13.2. The number of hydrazone groups is 1. The van der Waals surface area contributed by atoms with E-state index in [0.717, 1.165) is 10.4 Å². The molecule has 0 aliphatic heterocycles. The number of nitrogens with zero attached hydrogens (tertiary/aromatic N) is 3. The number of hydrogen-bond acceptors (Lipinski definition) is 9. The maximum atomic E-state index is 13.7. The first kappa shape index (κ1) is 29.9. The van der Waals surface area contributed by atoms with E-state index < -0.39 is 43.9 Å². The van der Waals surface area contributed by atoms with Gasteiger partial charge in [0.15, 0.2) is 6.61 Å². The van der Waals surface area contributed by atoms with Gasteiger partial charge in [-0.3, -0.25) is 24.0 Å². The highest BCUT2D eigenvalue weighted by atomic mass is 35.5. The Bertz CT molecular complexity index is 1560. The number of primary amides is 1. The number of methoxy groups -OCH3 is 1. The smallest absolute Gasteiger partial charge is 0.273 e. The van der Waals surface area contributed by atoms with Crippen LogP contribution in [-0.4, -0.2) is 51.6 Å². The van der Waals surface area contributed by atoms with Gasteiger partial charge >= 0.3 is 0 Å². The number of amides is 2. The van der Waals surface area contributed by atoms with Crippen molar-refractivity contribution in [2.45, 2.75) is 11.8 Å². The van der Waals surface area contributed by atoms with E-state index >= 15 is 0 Å². The van der Waals surface area contributed by atoms with Crippen molar-refractivity contribution in [3.63, 3.8) is 0 Å². The van der Waals surface area contributed by atoms with Crippen molar-refractivity contribution in [3.05, 3.63) is 86.9 Å². The molecule has 15 heteroatoms. The van der Waals surface area contributed by atoms with Crippen molar-refractivity contribution >= 4 is 51.0 Å².